The van der Waals surface area contributed by atoms with Gasteiger partial charge in [0, 0.05) is 10.6 Å². The van der Waals surface area contributed by atoms with Crippen LogP contribution in [0.25, 0.3) is 0 Å². The minimum absolute atomic E-state index is 0.0750. The molecule has 0 aliphatic heterocycles. The monoisotopic (exact) mass is 470 g/mol. The van der Waals surface area contributed by atoms with Gasteiger partial charge < -0.3 is 10.1 Å². The summed E-state index contributed by atoms with van der Waals surface area (Å²) in [6.07, 6.45) is 2.16. The summed E-state index contributed by atoms with van der Waals surface area (Å²) in [6.45, 7) is 1.77. The number of methoxy groups -OCH3 is 1. The number of amides is 1. The smallest absolute Gasteiger partial charge is 0.242 e. The van der Waals surface area contributed by atoms with Crippen LogP contribution in [-0.2, 0) is 21.2 Å². The second-order valence-electron chi connectivity index (χ2n) is 7.22. The Balaban J connectivity index is 1.88. The molecule has 0 aliphatic rings. The molecule has 0 aromatic heterocycles. The Labute approximate surface area is 193 Å². The second kappa shape index (κ2) is 10.7. The molecule has 1 atom stereocenters. The van der Waals surface area contributed by atoms with Gasteiger partial charge in [0.2, 0.25) is 15.9 Å². The normalized spacial score (nSPS) is 12.2. The minimum atomic E-state index is -3.95. The number of carbonyl (C=O) groups is 1. The zero-order valence-electron chi connectivity index (χ0n) is 18.2. The third kappa shape index (κ3) is 6.12. The number of hydrogen-bond acceptors (Lipinski definition) is 5. The van der Waals surface area contributed by atoms with Gasteiger partial charge in [-0.25, -0.2) is 8.42 Å². The largest absolute Gasteiger partial charge is 0.496 e. The van der Waals surface area contributed by atoms with Gasteiger partial charge in [-0.3, -0.25) is 4.79 Å². The van der Waals surface area contributed by atoms with E-state index in [0.29, 0.717) is 17.0 Å². The van der Waals surface area contributed by atoms with Crippen molar-refractivity contribution >= 4 is 33.4 Å². The quantitative estimate of drug-likeness (QED) is 0.457. The highest BCUT2D eigenvalue weighted by Gasteiger charge is 2.26. The van der Waals surface area contributed by atoms with Crippen molar-refractivity contribution in [1.29, 1.82) is 0 Å². The lowest BCUT2D eigenvalue weighted by Crippen LogP contribution is -2.45. The maximum atomic E-state index is 13.1. The fourth-order valence-electron chi connectivity index (χ4n) is 3.24. The first-order valence-electron chi connectivity index (χ1n) is 9.98. The highest BCUT2D eigenvalue weighted by atomic mass is 32.2. The van der Waals surface area contributed by atoms with Crippen LogP contribution in [0, 0.1) is 6.92 Å². The predicted molar refractivity (Wildman–Crippen MR) is 129 cm³/mol. The molecule has 0 bridgehead atoms. The molecule has 0 aliphatic carbocycles. The molecule has 3 rings (SSSR count). The van der Waals surface area contributed by atoms with Crippen molar-refractivity contribution in [2.75, 3.05) is 18.7 Å². The molecule has 6 nitrogen and oxygen atoms in total. The van der Waals surface area contributed by atoms with Crippen LogP contribution in [0.3, 0.4) is 0 Å². The zero-order valence-corrected chi connectivity index (χ0v) is 19.8. The standard InChI is InChI=1S/C24H26N2O4S2/c1-17-14-21(12-13-23(17)30-2)32(28,29)26-22(15-18-8-5-4-6-9-18)24(27)25-19-10-7-11-20(16-19)31-3/h4-14,16,22,26H,15H2,1-3H3,(H,25,27)/t22-/m0/s1. The van der Waals surface area contributed by atoms with Crippen molar-refractivity contribution in [3.8, 4) is 5.75 Å². The number of carbonyl (C=O) groups excluding carboxylic acids is 1. The van der Waals surface area contributed by atoms with Gasteiger partial charge in [0.15, 0.2) is 0 Å². The number of anilines is 1. The molecule has 1 amide bonds. The lowest BCUT2D eigenvalue weighted by molar-refractivity contribution is -0.117. The fourth-order valence-corrected chi connectivity index (χ4v) is 4.98. The molecule has 168 valence electrons. The first-order valence-corrected chi connectivity index (χ1v) is 12.7. The lowest BCUT2D eigenvalue weighted by Gasteiger charge is -2.19. The van der Waals surface area contributed by atoms with E-state index in [0.717, 1.165) is 10.5 Å². The van der Waals surface area contributed by atoms with Crippen LogP contribution in [0.5, 0.6) is 5.75 Å². The average Bonchev–Trinajstić information content (AvgIpc) is 2.79. The van der Waals surface area contributed by atoms with E-state index < -0.39 is 22.0 Å². The molecule has 0 saturated carbocycles. The summed E-state index contributed by atoms with van der Waals surface area (Å²) in [6, 6.07) is 20.3. The number of hydrogen-bond donors (Lipinski definition) is 2. The van der Waals surface area contributed by atoms with Gasteiger partial charge >= 0.3 is 0 Å². The lowest BCUT2D eigenvalue weighted by atomic mass is 10.1. The third-order valence-electron chi connectivity index (χ3n) is 4.91. The van der Waals surface area contributed by atoms with E-state index in [1.54, 1.807) is 30.8 Å². The van der Waals surface area contributed by atoms with Gasteiger partial charge in [0.05, 0.1) is 12.0 Å². The van der Waals surface area contributed by atoms with E-state index in [-0.39, 0.29) is 11.3 Å². The van der Waals surface area contributed by atoms with E-state index in [1.165, 1.54) is 19.2 Å². The molecule has 0 heterocycles. The summed E-state index contributed by atoms with van der Waals surface area (Å²) in [5.74, 6) is 0.164. The van der Waals surface area contributed by atoms with Crippen LogP contribution < -0.4 is 14.8 Å². The Bertz CT molecular complexity index is 1180. The van der Waals surface area contributed by atoms with Crippen molar-refractivity contribution < 1.29 is 17.9 Å². The van der Waals surface area contributed by atoms with Gasteiger partial charge in [-0.15, -0.1) is 11.8 Å². The number of nitrogens with one attached hydrogen (secondary N) is 2. The van der Waals surface area contributed by atoms with Crippen molar-refractivity contribution in [2.45, 2.75) is 29.2 Å². The number of rotatable bonds is 9. The molecule has 0 unspecified atom stereocenters. The van der Waals surface area contributed by atoms with Crippen LogP contribution in [0.1, 0.15) is 11.1 Å². The zero-order chi connectivity index (χ0) is 23.1. The van der Waals surface area contributed by atoms with Gasteiger partial charge in [-0.05, 0) is 67.1 Å². The molecule has 0 saturated heterocycles. The molecule has 0 radical (unpaired) electrons. The summed E-state index contributed by atoms with van der Waals surface area (Å²) in [7, 11) is -2.42. The van der Waals surface area contributed by atoms with Crippen molar-refractivity contribution in [3.63, 3.8) is 0 Å². The van der Waals surface area contributed by atoms with Crippen LogP contribution in [0.4, 0.5) is 5.69 Å². The Hall–Kier alpha value is -2.81. The number of thioether (sulfide) groups is 1. The Kier molecular flexibility index (Phi) is 7.95. The molecule has 8 heteroatoms. The molecule has 3 aromatic rings. The Morgan fingerprint density at radius 3 is 2.44 bits per heavy atom. The summed E-state index contributed by atoms with van der Waals surface area (Å²) < 4.78 is 34.0. The number of aryl methyl sites for hydroxylation is 1. The topological polar surface area (TPSA) is 84.5 Å². The highest BCUT2D eigenvalue weighted by Crippen LogP contribution is 2.22. The first kappa shape index (κ1) is 23.8. The van der Waals surface area contributed by atoms with Gasteiger partial charge in [0.25, 0.3) is 0 Å². The average molecular weight is 471 g/mol. The van der Waals surface area contributed by atoms with Crippen LogP contribution in [-0.4, -0.2) is 33.7 Å². The van der Waals surface area contributed by atoms with E-state index in [2.05, 4.69) is 10.0 Å². The summed E-state index contributed by atoms with van der Waals surface area (Å²) in [4.78, 5) is 14.2. The Morgan fingerprint density at radius 2 is 1.78 bits per heavy atom. The predicted octanol–water partition coefficient (Wildman–Crippen LogP) is 4.25. The summed E-state index contributed by atoms with van der Waals surface area (Å²) in [5.41, 5.74) is 2.15. The van der Waals surface area contributed by atoms with Crippen LogP contribution >= 0.6 is 11.8 Å². The van der Waals surface area contributed by atoms with Crippen molar-refractivity contribution in [3.05, 3.63) is 83.9 Å². The third-order valence-corrected chi connectivity index (χ3v) is 7.11. The number of sulfonamides is 1. The van der Waals surface area contributed by atoms with Gasteiger partial charge in [0.1, 0.15) is 11.8 Å². The van der Waals surface area contributed by atoms with Crippen LogP contribution in [0.2, 0.25) is 0 Å². The minimum Gasteiger partial charge on any atom is -0.496 e. The summed E-state index contributed by atoms with van der Waals surface area (Å²) >= 11 is 1.56. The van der Waals surface area contributed by atoms with Crippen molar-refractivity contribution in [1.82, 2.24) is 4.72 Å². The molecule has 3 aromatic carbocycles. The van der Waals surface area contributed by atoms with E-state index in [4.69, 9.17) is 4.74 Å². The van der Waals surface area contributed by atoms with Crippen LogP contribution in [0.15, 0.2) is 82.6 Å². The van der Waals surface area contributed by atoms with E-state index in [9.17, 15) is 13.2 Å². The number of ether oxygens (including phenoxy) is 1. The molecule has 0 fully saturated rings. The molecular formula is C24H26N2O4S2. The Morgan fingerprint density at radius 1 is 1.03 bits per heavy atom. The second-order valence-corrected chi connectivity index (χ2v) is 9.81. The van der Waals surface area contributed by atoms with E-state index >= 15 is 0 Å². The highest BCUT2D eigenvalue weighted by molar-refractivity contribution is 7.98. The fraction of sp³-hybridized carbons (Fsp3) is 0.208. The molecular weight excluding hydrogens is 444 g/mol. The first-order chi connectivity index (χ1) is 15.3. The number of benzene rings is 3. The molecule has 2 N–H and O–H groups in total. The molecule has 0 spiro atoms. The van der Waals surface area contributed by atoms with Crippen molar-refractivity contribution in [2.24, 2.45) is 0 Å². The maximum Gasteiger partial charge on any atom is 0.242 e. The van der Waals surface area contributed by atoms with E-state index in [1.807, 2.05) is 54.8 Å². The van der Waals surface area contributed by atoms with Gasteiger partial charge in [-0.2, -0.15) is 4.72 Å². The molecule has 32 heavy (non-hydrogen) atoms. The summed E-state index contributed by atoms with van der Waals surface area (Å²) in [5, 5.41) is 2.84. The van der Waals surface area contributed by atoms with Gasteiger partial charge in [-0.1, -0.05) is 36.4 Å². The SMILES string of the molecule is COc1ccc(S(=O)(=O)N[C@@H](Cc2ccccc2)C(=O)Nc2cccc(SC)c2)cc1C. The maximum absolute atomic E-state index is 13.1.